The van der Waals surface area contributed by atoms with Crippen molar-refractivity contribution in [1.29, 1.82) is 0 Å². The Balaban J connectivity index is 1.53. The van der Waals surface area contributed by atoms with Gasteiger partial charge in [-0.25, -0.2) is 9.67 Å². The van der Waals surface area contributed by atoms with Gasteiger partial charge in [0.15, 0.2) is 11.5 Å². The average Bonchev–Trinajstić information content (AvgIpc) is 3.41. The maximum atomic E-state index is 5.89. The van der Waals surface area contributed by atoms with Crippen LogP contribution in [0.4, 0.5) is 0 Å². The normalized spacial score (nSPS) is 11.4. The number of rotatable bonds is 9. The number of nitrogens with one attached hydrogen (secondary N) is 1. The lowest BCUT2D eigenvalue weighted by molar-refractivity contribution is 0.223. The molecule has 0 aliphatic carbocycles. The summed E-state index contributed by atoms with van der Waals surface area (Å²) in [4.78, 5) is 6.82. The Labute approximate surface area is 168 Å². The van der Waals surface area contributed by atoms with Crippen LogP contribution >= 0.6 is 0 Å². The molecule has 0 fully saturated rings. The second-order valence-corrected chi connectivity index (χ2v) is 6.61. The number of hydrogen-bond acceptors (Lipinski definition) is 7. The molecule has 0 unspecified atom stereocenters. The van der Waals surface area contributed by atoms with Gasteiger partial charge >= 0.3 is 0 Å². The summed E-state index contributed by atoms with van der Waals surface area (Å²) in [6.07, 6.45) is 1.76. The fourth-order valence-electron chi connectivity index (χ4n) is 3.26. The number of tetrazole rings is 1. The van der Waals surface area contributed by atoms with Crippen LogP contribution in [0.15, 0.2) is 42.6 Å². The van der Waals surface area contributed by atoms with Gasteiger partial charge < -0.3 is 9.64 Å². The van der Waals surface area contributed by atoms with Crippen LogP contribution in [0.25, 0.3) is 22.3 Å². The molecule has 9 nitrogen and oxygen atoms in total. The van der Waals surface area contributed by atoms with Crippen molar-refractivity contribution in [1.82, 2.24) is 40.3 Å². The van der Waals surface area contributed by atoms with Gasteiger partial charge in [0.2, 0.25) is 0 Å². The van der Waals surface area contributed by atoms with Crippen LogP contribution < -0.4 is 4.74 Å². The summed E-state index contributed by atoms with van der Waals surface area (Å²) in [6.45, 7) is 8.39. The summed E-state index contributed by atoms with van der Waals surface area (Å²) in [5.41, 5.74) is 2.66. The maximum absolute atomic E-state index is 5.89. The number of likely N-dealkylation sites (N-methyl/N-ethyl adjacent to an activating group) is 1. The number of fused-ring (bicyclic) bond motifs is 1. The minimum absolute atomic E-state index is 0.399. The molecule has 4 rings (SSSR count). The van der Waals surface area contributed by atoms with E-state index in [0.717, 1.165) is 47.7 Å². The molecule has 9 heteroatoms. The zero-order valence-electron chi connectivity index (χ0n) is 16.6. The fourth-order valence-corrected chi connectivity index (χ4v) is 3.26. The first kappa shape index (κ1) is 19.0. The number of benzene rings is 1. The maximum Gasteiger partial charge on any atom is 0.196 e. The lowest BCUT2D eigenvalue weighted by atomic mass is 10.1. The highest BCUT2D eigenvalue weighted by Crippen LogP contribution is 2.28. The molecule has 1 aromatic carbocycles. The van der Waals surface area contributed by atoms with Gasteiger partial charge in [-0.1, -0.05) is 19.1 Å². The third kappa shape index (κ3) is 4.24. The molecule has 0 bridgehead atoms. The van der Waals surface area contributed by atoms with E-state index in [2.05, 4.69) is 44.4 Å². The van der Waals surface area contributed by atoms with Gasteiger partial charge in [0.25, 0.3) is 0 Å². The van der Waals surface area contributed by atoms with Crippen molar-refractivity contribution in [3.05, 3.63) is 48.4 Å². The zero-order valence-corrected chi connectivity index (χ0v) is 16.6. The standard InChI is InChI=1S/C20H24N8O/c1-3-27(4-2)12-13-29-16-9-7-15(8-10-16)19-17-6-5-11-21-20(17)28(24-19)14-18-22-25-26-23-18/h5-11H,3-4,12-14H2,1-2H3,(H,22,23,25,26). The Morgan fingerprint density at radius 3 is 2.66 bits per heavy atom. The second kappa shape index (κ2) is 8.78. The van der Waals surface area contributed by atoms with E-state index in [1.165, 1.54) is 0 Å². The number of nitrogens with zero attached hydrogens (tertiary/aromatic N) is 7. The molecular weight excluding hydrogens is 368 g/mol. The summed E-state index contributed by atoms with van der Waals surface area (Å²) >= 11 is 0. The van der Waals surface area contributed by atoms with E-state index >= 15 is 0 Å². The van der Waals surface area contributed by atoms with Crippen LogP contribution in [-0.2, 0) is 6.54 Å². The summed E-state index contributed by atoms with van der Waals surface area (Å²) in [5.74, 6) is 1.41. The van der Waals surface area contributed by atoms with Crippen molar-refractivity contribution < 1.29 is 4.74 Å². The molecule has 0 saturated heterocycles. The van der Waals surface area contributed by atoms with E-state index < -0.39 is 0 Å². The summed E-state index contributed by atoms with van der Waals surface area (Å²) < 4.78 is 7.68. The van der Waals surface area contributed by atoms with Crippen LogP contribution in [0.5, 0.6) is 5.75 Å². The second-order valence-electron chi connectivity index (χ2n) is 6.61. The van der Waals surface area contributed by atoms with E-state index in [0.29, 0.717) is 19.0 Å². The molecule has 1 N–H and O–H groups in total. The van der Waals surface area contributed by atoms with Crippen molar-refractivity contribution in [3.8, 4) is 17.0 Å². The van der Waals surface area contributed by atoms with Crippen molar-refractivity contribution in [2.45, 2.75) is 20.4 Å². The van der Waals surface area contributed by atoms with Crippen molar-refractivity contribution in [2.24, 2.45) is 0 Å². The Morgan fingerprint density at radius 2 is 1.93 bits per heavy atom. The number of aromatic nitrogens is 7. The summed E-state index contributed by atoms with van der Waals surface area (Å²) in [6, 6.07) is 12.0. The molecule has 0 aliphatic heterocycles. The van der Waals surface area contributed by atoms with Crippen molar-refractivity contribution >= 4 is 11.0 Å². The van der Waals surface area contributed by atoms with E-state index in [1.54, 1.807) is 10.9 Å². The van der Waals surface area contributed by atoms with E-state index in [1.807, 2.05) is 36.4 Å². The molecule has 0 atom stereocenters. The highest BCUT2D eigenvalue weighted by molar-refractivity contribution is 5.91. The van der Waals surface area contributed by atoms with Gasteiger partial charge in [-0.05, 0) is 49.5 Å². The van der Waals surface area contributed by atoms with Gasteiger partial charge in [-0.15, -0.1) is 10.2 Å². The quantitative estimate of drug-likeness (QED) is 0.467. The molecule has 3 heterocycles. The molecular formula is C20H24N8O. The molecule has 0 radical (unpaired) electrons. The van der Waals surface area contributed by atoms with Crippen LogP contribution in [0.3, 0.4) is 0 Å². The van der Waals surface area contributed by atoms with Gasteiger partial charge in [0, 0.05) is 23.7 Å². The molecule has 3 aromatic heterocycles. The minimum Gasteiger partial charge on any atom is -0.492 e. The fraction of sp³-hybridized carbons (Fsp3) is 0.350. The van der Waals surface area contributed by atoms with Crippen molar-refractivity contribution in [3.63, 3.8) is 0 Å². The number of hydrogen-bond donors (Lipinski definition) is 1. The Morgan fingerprint density at radius 1 is 1.10 bits per heavy atom. The molecule has 4 aromatic rings. The third-order valence-corrected chi connectivity index (χ3v) is 4.89. The minimum atomic E-state index is 0.399. The molecule has 0 aliphatic rings. The van der Waals surface area contributed by atoms with E-state index in [9.17, 15) is 0 Å². The predicted molar refractivity (Wildman–Crippen MR) is 110 cm³/mol. The topological polar surface area (TPSA) is 97.6 Å². The molecule has 0 amide bonds. The monoisotopic (exact) mass is 392 g/mol. The molecule has 29 heavy (non-hydrogen) atoms. The van der Waals surface area contributed by atoms with E-state index in [4.69, 9.17) is 9.84 Å². The predicted octanol–water partition coefficient (Wildman–Crippen LogP) is 2.38. The Kier molecular flexibility index (Phi) is 5.76. The Hall–Kier alpha value is -3.33. The smallest absolute Gasteiger partial charge is 0.196 e. The lowest BCUT2D eigenvalue weighted by Crippen LogP contribution is -2.27. The van der Waals surface area contributed by atoms with Gasteiger partial charge in [-0.3, -0.25) is 0 Å². The summed E-state index contributed by atoms with van der Waals surface area (Å²) in [5, 5.41) is 19.8. The van der Waals surface area contributed by atoms with Crippen LogP contribution in [0, 0.1) is 0 Å². The molecule has 0 spiro atoms. The lowest BCUT2D eigenvalue weighted by Gasteiger charge is -2.18. The van der Waals surface area contributed by atoms with Crippen LogP contribution in [0.2, 0.25) is 0 Å². The first-order valence-electron chi connectivity index (χ1n) is 9.78. The van der Waals surface area contributed by atoms with Crippen LogP contribution in [-0.4, -0.2) is 66.5 Å². The van der Waals surface area contributed by atoms with E-state index in [-0.39, 0.29) is 0 Å². The molecule has 150 valence electrons. The van der Waals surface area contributed by atoms with Gasteiger partial charge in [0.05, 0.1) is 0 Å². The largest absolute Gasteiger partial charge is 0.492 e. The van der Waals surface area contributed by atoms with Gasteiger partial charge in [0.1, 0.15) is 24.6 Å². The zero-order chi connectivity index (χ0) is 20.1. The average molecular weight is 392 g/mol. The first-order chi connectivity index (χ1) is 14.3. The summed E-state index contributed by atoms with van der Waals surface area (Å²) in [7, 11) is 0. The number of pyridine rings is 1. The number of ether oxygens (including phenoxy) is 1. The molecule has 0 saturated carbocycles. The van der Waals surface area contributed by atoms with Crippen molar-refractivity contribution in [2.75, 3.05) is 26.2 Å². The van der Waals surface area contributed by atoms with Crippen LogP contribution in [0.1, 0.15) is 19.7 Å². The highest BCUT2D eigenvalue weighted by Gasteiger charge is 2.14. The SMILES string of the molecule is CCN(CC)CCOc1ccc(-c2nn(Cc3nn[nH]n3)c3ncccc23)cc1. The number of H-pyrrole nitrogens is 1. The Bertz CT molecular complexity index is 1040. The number of aromatic amines is 1. The highest BCUT2D eigenvalue weighted by atomic mass is 16.5. The van der Waals surface area contributed by atoms with Gasteiger partial charge in [-0.2, -0.15) is 10.3 Å². The first-order valence-corrected chi connectivity index (χ1v) is 9.78. The third-order valence-electron chi connectivity index (χ3n) is 4.89.